The van der Waals surface area contributed by atoms with Gasteiger partial charge in [0.2, 0.25) is 0 Å². The number of rotatable bonds is 2. The number of amides is 1. The van der Waals surface area contributed by atoms with Crippen LogP contribution in [-0.2, 0) is 0 Å². The fourth-order valence-corrected chi connectivity index (χ4v) is 2.15. The molecule has 0 aromatic carbocycles. The van der Waals surface area contributed by atoms with E-state index in [9.17, 15) is 4.79 Å². The summed E-state index contributed by atoms with van der Waals surface area (Å²) in [6, 6.07) is 0.259. The molecule has 0 saturated carbocycles. The first kappa shape index (κ1) is 12.1. The van der Waals surface area contributed by atoms with Gasteiger partial charge in [0.25, 0.3) is 5.91 Å². The zero-order valence-corrected chi connectivity index (χ0v) is 10.6. The summed E-state index contributed by atoms with van der Waals surface area (Å²) in [5, 5.41) is 3.02. The Labute approximate surface area is 101 Å². The Morgan fingerprint density at radius 3 is 2.59 bits per heavy atom. The van der Waals surface area contributed by atoms with Gasteiger partial charge in [-0.25, -0.2) is 4.98 Å². The smallest absolute Gasteiger partial charge is 0.273 e. The first-order chi connectivity index (χ1) is 8.06. The molecule has 1 aromatic heterocycles. The molecule has 94 valence electrons. The third-order valence-electron chi connectivity index (χ3n) is 3.17. The number of likely N-dealkylation sites (tertiary alicyclic amines) is 1. The van der Waals surface area contributed by atoms with Crippen LogP contribution in [0, 0.1) is 13.8 Å². The van der Waals surface area contributed by atoms with E-state index in [1.165, 1.54) is 0 Å². The van der Waals surface area contributed by atoms with Crippen molar-refractivity contribution in [3.63, 3.8) is 0 Å². The van der Waals surface area contributed by atoms with Gasteiger partial charge in [-0.05, 0) is 39.9 Å². The Bertz CT molecular complexity index is 406. The highest BCUT2D eigenvalue weighted by Crippen LogP contribution is 2.12. The molecule has 2 rings (SSSR count). The zero-order valence-electron chi connectivity index (χ0n) is 10.6. The minimum absolute atomic E-state index is 0.117. The van der Waals surface area contributed by atoms with E-state index in [4.69, 9.17) is 4.42 Å². The Hall–Kier alpha value is -1.36. The van der Waals surface area contributed by atoms with Crippen molar-refractivity contribution in [2.75, 3.05) is 20.1 Å². The lowest BCUT2D eigenvalue weighted by Gasteiger charge is -2.29. The summed E-state index contributed by atoms with van der Waals surface area (Å²) in [4.78, 5) is 18.4. The highest BCUT2D eigenvalue weighted by molar-refractivity contribution is 5.93. The molecule has 1 N–H and O–H groups in total. The second-order valence-corrected chi connectivity index (χ2v) is 4.69. The summed E-state index contributed by atoms with van der Waals surface area (Å²) >= 11 is 0. The summed E-state index contributed by atoms with van der Waals surface area (Å²) in [7, 11) is 2.10. The van der Waals surface area contributed by atoms with E-state index in [0.29, 0.717) is 17.3 Å². The summed E-state index contributed by atoms with van der Waals surface area (Å²) < 4.78 is 5.26. The minimum Gasteiger partial charge on any atom is -0.445 e. The van der Waals surface area contributed by atoms with Gasteiger partial charge in [0, 0.05) is 13.0 Å². The normalized spacial score (nSPS) is 18.3. The molecule has 2 heterocycles. The van der Waals surface area contributed by atoms with Crippen molar-refractivity contribution in [2.24, 2.45) is 0 Å². The highest BCUT2D eigenvalue weighted by Gasteiger charge is 2.22. The molecule has 0 bridgehead atoms. The van der Waals surface area contributed by atoms with Gasteiger partial charge in [-0.15, -0.1) is 0 Å². The molecular formula is C12H19N3O2. The van der Waals surface area contributed by atoms with Crippen molar-refractivity contribution < 1.29 is 9.21 Å². The van der Waals surface area contributed by atoms with Crippen LogP contribution in [0.1, 0.15) is 35.0 Å². The number of carbonyl (C=O) groups excluding carboxylic acids is 1. The first-order valence-corrected chi connectivity index (χ1v) is 5.99. The van der Waals surface area contributed by atoms with Crippen LogP contribution in [0.3, 0.4) is 0 Å². The lowest BCUT2D eigenvalue weighted by Crippen LogP contribution is -2.43. The van der Waals surface area contributed by atoms with E-state index >= 15 is 0 Å². The third-order valence-corrected chi connectivity index (χ3v) is 3.17. The van der Waals surface area contributed by atoms with Crippen LogP contribution in [0.4, 0.5) is 0 Å². The first-order valence-electron chi connectivity index (χ1n) is 5.99. The summed E-state index contributed by atoms with van der Waals surface area (Å²) in [6.45, 7) is 5.58. The lowest BCUT2D eigenvalue weighted by molar-refractivity contribution is 0.0911. The molecule has 0 atom stereocenters. The number of piperidine rings is 1. The molecular weight excluding hydrogens is 218 g/mol. The van der Waals surface area contributed by atoms with Crippen LogP contribution in [0.2, 0.25) is 0 Å². The van der Waals surface area contributed by atoms with Crippen molar-refractivity contribution in [1.29, 1.82) is 0 Å². The van der Waals surface area contributed by atoms with Crippen LogP contribution in [0.25, 0.3) is 0 Å². The number of nitrogens with zero attached hydrogens (tertiary/aromatic N) is 2. The van der Waals surface area contributed by atoms with E-state index in [1.54, 1.807) is 13.8 Å². The van der Waals surface area contributed by atoms with Gasteiger partial charge >= 0.3 is 0 Å². The molecule has 5 heteroatoms. The van der Waals surface area contributed by atoms with Gasteiger partial charge in [0.15, 0.2) is 11.6 Å². The summed E-state index contributed by atoms with van der Waals surface area (Å²) in [5.41, 5.74) is 0.418. The summed E-state index contributed by atoms with van der Waals surface area (Å²) in [5.74, 6) is 1.01. The molecule has 5 nitrogen and oxygen atoms in total. The van der Waals surface area contributed by atoms with Crippen molar-refractivity contribution >= 4 is 5.91 Å². The van der Waals surface area contributed by atoms with E-state index in [0.717, 1.165) is 25.9 Å². The lowest BCUT2D eigenvalue weighted by atomic mass is 10.1. The maximum absolute atomic E-state index is 12.0. The van der Waals surface area contributed by atoms with E-state index in [-0.39, 0.29) is 11.9 Å². The Kier molecular flexibility index (Phi) is 3.47. The third kappa shape index (κ3) is 2.85. The fraction of sp³-hybridized carbons (Fsp3) is 0.667. The molecule has 1 aliphatic heterocycles. The number of oxazole rings is 1. The monoisotopic (exact) mass is 237 g/mol. The molecule has 0 aliphatic carbocycles. The standard InChI is InChI=1S/C12H19N3O2/c1-8-11(13-9(2)17-8)12(16)14-10-4-6-15(3)7-5-10/h10H,4-7H2,1-3H3,(H,14,16). The average Bonchev–Trinajstić information content (AvgIpc) is 2.61. The zero-order chi connectivity index (χ0) is 12.4. The van der Waals surface area contributed by atoms with Gasteiger partial charge in [0.1, 0.15) is 5.76 Å². The number of hydrogen-bond acceptors (Lipinski definition) is 4. The average molecular weight is 237 g/mol. The second kappa shape index (κ2) is 4.87. The molecule has 0 unspecified atom stereocenters. The quantitative estimate of drug-likeness (QED) is 0.837. The maximum Gasteiger partial charge on any atom is 0.273 e. The number of aromatic nitrogens is 1. The fourth-order valence-electron chi connectivity index (χ4n) is 2.15. The topological polar surface area (TPSA) is 58.4 Å². The molecule has 17 heavy (non-hydrogen) atoms. The predicted molar refractivity (Wildman–Crippen MR) is 64.0 cm³/mol. The molecule has 1 fully saturated rings. The van der Waals surface area contributed by atoms with Gasteiger partial charge in [0.05, 0.1) is 0 Å². The number of aryl methyl sites for hydroxylation is 2. The maximum atomic E-state index is 12.0. The van der Waals surface area contributed by atoms with Crippen molar-refractivity contribution in [3.8, 4) is 0 Å². The molecule has 1 aromatic rings. The van der Waals surface area contributed by atoms with Crippen LogP contribution in [-0.4, -0.2) is 42.0 Å². The van der Waals surface area contributed by atoms with E-state index < -0.39 is 0 Å². The van der Waals surface area contributed by atoms with Crippen molar-refractivity contribution in [3.05, 3.63) is 17.3 Å². The number of hydrogen-bond donors (Lipinski definition) is 1. The Morgan fingerprint density at radius 1 is 1.41 bits per heavy atom. The molecule has 0 radical (unpaired) electrons. The minimum atomic E-state index is -0.117. The highest BCUT2D eigenvalue weighted by atomic mass is 16.4. The second-order valence-electron chi connectivity index (χ2n) is 4.69. The number of nitrogens with one attached hydrogen (secondary N) is 1. The Balaban J connectivity index is 1.95. The van der Waals surface area contributed by atoms with Crippen LogP contribution < -0.4 is 5.32 Å². The molecule has 1 aliphatic rings. The number of carbonyl (C=O) groups is 1. The van der Waals surface area contributed by atoms with Crippen molar-refractivity contribution in [1.82, 2.24) is 15.2 Å². The van der Waals surface area contributed by atoms with Crippen LogP contribution >= 0.6 is 0 Å². The summed E-state index contributed by atoms with van der Waals surface area (Å²) in [6.07, 6.45) is 2.00. The Morgan fingerprint density at radius 2 is 2.06 bits per heavy atom. The van der Waals surface area contributed by atoms with Gasteiger partial charge in [-0.3, -0.25) is 4.79 Å². The van der Waals surface area contributed by atoms with Crippen molar-refractivity contribution in [2.45, 2.75) is 32.7 Å². The molecule has 1 saturated heterocycles. The SMILES string of the molecule is Cc1nc(C(=O)NC2CCN(C)CC2)c(C)o1. The van der Waals surface area contributed by atoms with E-state index in [1.807, 2.05) is 0 Å². The van der Waals surface area contributed by atoms with E-state index in [2.05, 4.69) is 22.2 Å². The van der Waals surface area contributed by atoms with Gasteiger partial charge in [-0.1, -0.05) is 0 Å². The van der Waals surface area contributed by atoms with Crippen LogP contribution in [0.15, 0.2) is 4.42 Å². The molecule has 0 spiro atoms. The predicted octanol–water partition coefficient (Wildman–Crippen LogP) is 1.12. The van der Waals surface area contributed by atoms with Gasteiger partial charge < -0.3 is 14.6 Å². The largest absolute Gasteiger partial charge is 0.445 e. The van der Waals surface area contributed by atoms with Gasteiger partial charge in [-0.2, -0.15) is 0 Å². The van der Waals surface area contributed by atoms with Crippen LogP contribution in [0.5, 0.6) is 0 Å². The molecule has 1 amide bonds.